The van der Waals surface area contributed by atoms with Crippen molar-refractivity contribution in [1.82, 2.24) is 15.1 Å². The number of carbonyl (C=O) groups excluding carboxylic acids is 1. The molecule has 0 unspecified atom stereocenters. The number of amides is 1. The summed E-state index contributed by atoms with van der Waals surface area (Å²) in [5.74, 6) is -0.299. The molecule has 0 atom stereocenters. The van der Waals surface area contributed by atoms with E-state index < -0.39 is 0 Å². The molecule has 5 nitrogen and oxygen atoms in total. The number of rotatable bonds is 3. The Balaban J connectivity index is 2.12. The molecular weight excluding hydrogens is 301 g/mol. The number of nitrogens with zero attached hydrogens (tertiary/aromatic N) is 2. The summed E-state index contributed by atoms with van der Waals surface area (Å²) in [7, 11) is 1.64. The number of benzene rings is 1. The van der Waals surface area contributed by atoms with Crippen molar-refractivity contribution >= 4 is 29.1 Å². The lowest BCUT2D eigenvalue weighted by atomic mass is 10.2. The maximum Gasteiger partial charge on any atom is 0.274 e. The zero-order valence-electron chi connectivity index (χ0n) is 10.6. The minimum atomic E-state index is -0.353. The Morgan fingerprint density at radius 2 is 2.00 bits per heavy atom. The average molecular weight is 312 g/mol. The van der Waals surface area contributed by atoms with E-state index in [4.69, 9.17) is 23.2 Å². The van der Waals surface area contributed by atoms with Gasteiger partial charge in [0.15, 0.2) is 0 Å². The van der Waals surface area contributed by atoms with Gasteiger partial charge < -0.3 is 4.90 Å². The predicted octanol–water partition coefficient (Wildman–Crippen LogP) is 2.35. The van der Waals surface area contributed by atoms with E-state index in [-0.39, 0.29) is 17.2 Å². The van der Waals surface area contributed by atoms with E-state index >= 15 is 0 Å². The Morgan fingerprint density at radius 1 is 1.25 bits per heavy atom. The van der Waals surface area contributed by atoms with Gasteiger partial charge in [0.1, 0.15) is 5.69 Å². The minimum Gasteiger partial charge on any atom is -0.336 e. The van der Waals surface area contributed by atoms with Crippen LogP contribution in [0.5, 0.6) is 0 Å². The molecular formula is C13H11Cl2N3O2. The van der Waals surface area contributed by atoms with E-state index in [0.29, 0.717) is 16.6 Å². The normalized spacial score (nSPS) is 10.3. The van der Waals surface area contributed by atoms with Gasteiger partial charge >= 0.3 is 0 Å². The second-order valence-corrected chi connectivity index (χ2v) is 5.03. The van der Waals surface area contributed by atoms with Gasteiger partial charge in [-0.1, -0.05) is 29.3 Å². The second-order valence-electron chi connectivity index (χ2n) is 4.22. The molecule has 0 aliphatic rings. The topological polar surface area (TPSA) is 66.1 Å². The standard InChI is InChI=1S/C13H11Cl2N3O2/c1-18(7-8-2-3-9(14)10(15)6-8)13(20)11-4-5-12(19)17-16-11/h2-6H,7H2,1H3,(H,17,19). The molecule has 0 saturated heterocycles. The molecule has 0 bridgehead atoms. The van der Waals surface area contributed by atoms with Crippen LogP contribution in [0.4, 0.5) is 0 Å². The molecule has 7 heteroatoms. The van der Waals surface area contributed by atoms with Crippen LogP contribution in [0, 0.1) is 0 Å². The molecule has 1 aromatic heterocycles. The van der Waals surface area contributed by atoms with E-state index in [2.05, 4.69) is 10.2 Å². The summed E-state index contributed by atoms with van der Waals surface area (Å²) in [4.78, 5) is 24.5. The molecule has 2 aromatic rings. The van der Waals surface area contributed by atoms with Crippen molar-refractivity contribution in [2.24, 2.45) is 0 Å². The highest BCUT2D eigenvalue weighted by molar-refractivity contribution is 6.42. The van der Waals surface area contributed by atoms with Crippen LogP contribution in [0.1, 0.15) is 16.1 Å². The van der Waals surface area contributed by atoms with Crippen LogP contribution >= 0.6 is 23.2 Å². The maximum atomic E-state index is 12.1. The van der Waals surface area contributed by atoms with Gasteiger partial charge in [-0.3, -0.25) is 9.59 Å². The maximum absolute atomic E-state index is 12.1. The zero-order chi connectivity index (χ0) is 14.7. The summed E-state index contributed by atoms with van der Waals surface area (Å²) in [6, 6.07) is 7.81. The number of carbonyl (C=O) groups is 1. The highest BCUT2D eigenvalue weighted by Crippen LogP contribution is 2.23. The number of nitrogens with one attached hydrogen (secondary N) is 1. The lowest BCUT2D eigenvalue weighted by Crippen LogP contribution is -2.28. The smallest absolute Gasteiger partial charge is 0.274 e. The number of halogens is 2. The molecule has 0 aliphatic heterocycles. The van der Waals surface area contributed by atoms with E-state index in [9.17, 15) is 9.59 Å². The SMILES string of the molecule is CN(Cc1ccc(Cl)c(Cl)c1)C(=O)c1ccc(=O)[nH]n1. The molecule has 1 heterocycles. The number of H-pyrrole nitrogens is 1. The van der Waals surface area contributed by atoms with E-state index in [1.165, 1.54) is 17.0 Å². The van der Waals surface area contributed by atoms with Gasteiger partial charge in [0.2, 0.25) is 0 Å². The first-order valence-electron chi connectivity index (χ1n) is 5.72. The van der Waals surface area contributed by atoms with Crippen molar-refractivity contribution in [2.75, 3.05) is 7.05 Å². The quantitative estimate of drug-likeness (QED) is 0.946. The fourth-order valence-corrected chi connectivity index (χ4v) is 1.96. The molecule has 1 amide bonds. The third-order valence-electron chi connectivity index (χ3n) is 2.65. The Morgan fingerprint density at radius 3 is 2.60 bits per heavy atom. The molecule has 0 fully saturated rings. The second kappa shape index (κ2) is 6.07. The van der Waals surface area contributed by atoms with Gasteiger partial charge in [0.25, 0.3) is 11.5 Å². The molecule has 0 spiro atoms. The summed E-state index contributed by atoms with van der Waals surface area (Å²) in [5.41, 5.74) is 0.667. The Hall–Kier alpha value is -1.85. The number of hydrogen-bond acceptors (Lipinski definition) is 3. The zero-order valence-corrected chi connectivity index (χ0v) is 12.1. The highest BCUT2D eigenvalue weighted by Gasteiger charge is 2.14. The predicted molar refractivity (Wildman–Crippen MR) is 77.1 cm³/mol. The lowest BCUT2D eigenvalue weighted by Gasteiger charge is -2.16. The van der Waals surface area contributed by atoms with Gasteiger partial charge in [0.05, 0.1) is 10.0 Å². The summed E-state index contributed by atoms with van der Waals surface area (Å²) in [5, 5.41) is 6.82. The number of aromatic nitrogens is 2. The first-order valence-corrected chi connectivity index (χ1v) is 6.48. The fourth-order valence-electron chi connectivity index (χ4n) is 1.64. The number of hydrogen-bond donors (Lipinski definition) is 1. The van der Waals surface area contributed by atoms with Crippen LogP contribution in [0.25, 0.3) is 0 Å². The molecule has 20 heavy (non-hydrogen) atoms. The van der Waals surface area contributed by atoms with Crippen LogP contribution in [-0.4, -0.2) is 28.1 Å². The molecule has 104 valence electrons. The average Bonchev–Trinajstić information content (AvgIpc) is 2.43. The van der Waals surface area contributed by atoms with E-state index in [1.807, 2.05) is 0 Å². The first kappa shape index (κ1) is 14.6. The van der Waals surface area contributed by atoms with Crippen LogP contribution in [0.2, 0.25) is 10.0 Å². The Labute approximate surface area is 125 Å². The lowest BCUT2D eigenvalue weighted by molar-refractivity contribution is 0.0778. The van der Waals surface area contributed by atoms with Crippen LogP contribution in [0.3, 0.4) is 0 Å². The van der Waals surface area contributed by atoms with E-state index in [0.717, 1.165) is 5.56 Å². The third kappa shape index (κ3) is 3.37. The van der Waals surface area contributed by atoms with Crippen LogP contribution < -0.4 is 5.56 Å². The molecule has 1 N–H and O–H groups in total. The van der Waals surface area contributed by atoms with Crippen molar-refractivity contribution < 1.29 is 4.79 Å². The Bertz CT molecular complexity index is 680. The minimum absolute atomic E-state index is 0.173. The highest BCUT2D eigenvalue weighted by atomic mass is 35.5. The Kier molecular flexibility index (Phi) is 4.42. The van der Waals surface area contributed by atoms with Crippen molar-refractivity contribution in [1.29, 1.82) is 0 Å². The summed E-state index contributed by atoms with van der Waals surface area (Å²) < 4.78 is 0. The van der Waals surface area contributed by atoms with Gasteiger partial charge in [-0.15, -0.1) is 0 Å². The van der Waals surface area contributed by atoms with Gasteiger partial charge in [-0.25, -0.2) is 5.10 Å². The van der Waals surface area contributed by atoms with Crippen molar-refractivity contribution in [3.8, 4) is 0 Å². The molecule has 0 aliphatic carbocycles. The molecule has 0 radical (unpaired) electrons. The van der Waals surface area contributed by atoms with E-state index in [1.54, 1.807) is 25.2 Å². The molecule has 2 rings (SSSR count). The monoisotopic (exact) mass is 311 g/mol. The van der Waals surface area contributed by atoms with Gasteiger partial charge in [-0.05, 0) is 23.8 Å². The molecule has 0 saturated carbocycles. The van der Waals surface area contributed by atoms with Crippen molar-refractivity contribution in [2.45, 2.75) is 6.54 Å². The van der Waals surface area contributed by atoms with Gasteiger partial charge in [0, 0.05) is 19.7 Å². The summed E-state index contributed by atoms with van der Waals surface area (Å²) in [6.07, 6.45) is 0. The van der Waals surface area contributed by atoms with Crippen LogP contribution in [0.15, 0.2) is 35.1 Å². The van der Waals surface area contributed by atoms with Crippen molar-refractivity contribution in [3.05, 3.63) is 62.0 Å². The third-order valence-corrected chi connectivity index (χ3v) is 3.39. The largest absolute Gasteiger partial charge is 0.336 e. The van der Waals surface area contributed by atoms with Crippen LogP contribution in [-0.2, 0) is 6.54 Å². The molecule has 1 aromatic carbocycles. The number of aromatic amines is 1. The summed E-state index contributed by atoms with van der Waals surface area (Å²) >= 11 is 11.8. The van der Waals surface area contributed by atoms with Crippen molar-refractivity contribution in [3.63, 3.8) is 0 Å². The fraction of sp³-hybridized carbons (Fsp3) is 0.154. The summed E-state index contributed by atoms with van der Waals surface area (Å²) in [6.45, 7) is 0.358. The first-order chi connectivity index (χ1) is 9.47. The van der Waals surface area contributed by atoms with Gasteiger partial charge in [-0.2, -0.15) is 5.10 Å².